The van der Waals surface area contributed by atoms with E-state index in [-0.39, 0.29) is 11.8 Å². The summed E-state index contributed by atoms with van der Waals surface area (Å²) in [4.78, 5) is 28.5. The average molecular weight is 576 g/mol. The number of nitrogens with zero attached hydrogens (tertiary/aromatic N) is 4. The zero-order valence-electron chi connectivity index (χ0n) is 20.6. The second-order valence-corrected chi connectivity index (χ2v) is 11.3. The van der Waals surface area contributed by atoms with E-state index in [4.69, 9.17) is 11.6 Å². The molecule has 0 spiro atoms. The fourth-order valence-electron chi connectivity index (χ4n) is 5.80. The van der Waals surface area contributed by atoms with E-state index in [1.54, 1.807) is 13.1 Å². The molecule has 2 saturated heterocycles. The van der Waals surface area contributed by atoms with Gasteiger partial charge in [-0.25, -0.2) is 4.58 Å². The zero-order valence-corrected chi connectivity index (χ0v) is 22.9. The molecule has 1 aliphatic carbocycles. The molecule has 2 fully saturated rings. The van der Waals surface area contributed by atoms with Gasteiger partial charge in [0.15, 0.2) is 13.1 Å². The van der Waals surface area contributed by atoms with Gasteiger partial charge in [-0.2, -0.15) is 0 Å². The Morgan fingerprint density at radius 1 is 1.08 bits per heavy atom. The maximum atomic E-state index is 13.1. The summed E-state index contributed by atoms with van der Waals surface area (Å²) in [5.41, 5.74) is 4.90. The molecular formula is C27H32BrClN4O3+2. The third kappa shape index (κ3) is 5.02. The van der Waals surface area contributed by atoms with Gasteiger partial charge < -0.3 is 9.80 Å². The molecule has 0 saturated carbocycles. The van der Waals surface area contributed by atoms with Crippen LogP contribution in [0.3, 0.4) is 0 Å². The number of aryl methyl sites for hydroxylation is 2. The van der Waals surface area contributed by atoms with Crippen LogP contribution in [0.1, 0.15) is 48.6 Å². The van der Waals surface area contributed by atoms with Crippen molar-refractivity contribution in [3.8, 4) is 0 Å². The summed E-state index contributed by atoms with van der Waals surface area (Å²) in [6.07, 6.45) is 5.63. The number of likely N-dealkylation sites (tertiary alicyclic amines) is 1. The van der Waals surface area contributed by atoms with E-state index in [9.17, 15) is 14.8 Å². The van der Waals surface area contributed by atoms with E-state index in [0.29, 0.717) is 43.5 Å². The van der Waals surface area contributed by atoms with Gasteiger partial charge in [0.25, 0.3) is 5.71 Å². The second kappa shape index (κ2) is 10.5. The Kier molecular flexibility index (Phi) is 7.35. The minimum Gasteiger partial charge on any atom is -0.343 e. The predicted octanol–water partition coefficient (Wildman–Crippen LogP) is 3.07. The molecule has 0 bridgehead atoms. The number of amides is 2. The first-order valence-electron chi connectivity index (χ1n) is 12.7. The van der Waals surface area contributed by atoms with Crippen molar-refractivity contribution in [2.45, 2.75) is 39.0 Å². The molecule has 5 rings (SSSR count). The fraction of sp³-hybridized carbons (Fsp3) is 0.481. The Hall–Kier alpha value is -2.45. The highest BCUT2D eigenvalue weighted by Gasteiger charge is 2.39. The van der Waals surface area contributed by atoms with Gasteiger partial charge in [-0.05, 0) is 65.2 Å². The maximum absolute atomic E-state index is 13.1. The molecule has 2 aromatic rings. The monoisotopic (exact) mass is 574 g/mol. The van der Waals surface area contributed by atoms with Crippen molar-refractivity contribution in [1.82, 2.24) is 9.80 Å². The molecule has 190 valence electrons. The number of piperazine rings is 1. The summed E-state index contributed by atoms with van der Waals surface area (Å²) in [7, 11) is 0. The number of piperidine rings is 1. The van der Waals surface area contributed by atoms with Crippen molar-refractivity contribution >= 4 is 45.1 Å². The highest BCUT2D eigenvalue weighted by Crippen LogP contribution is 2.30. The van der Waals surface area contributed by atoms with Crippen LogP contribution < -0.4 is 4.73 Å². The van der Waals surface area contributed by atoms with Crippen molar-refractivity contribution in [2.24, 2.45) is 5.92 Å². The van der Waals surface area contributed by atoms with Crippen LogP contribution in [0.5, 0.6) is 0 Å². The minimum absolute atomic E-state index is 0.117. The third-order valence-electron chi connectivity index (χ3n) is 7.79. The highest BCUT2D eigenvalue weighted by atomic mass is 79.9. The number of rotatable bonds is 2. The third-order valence-corrected chi connectivity index (χ3v) is 8.54. The molecule has 9 heteroatoms. The number of fused-ring (bicyclic) bond motifs is 2. The van der Waals surface area contributed by atoms with Gasteiger partial charge in [0.1, 0.15) is 0 Å². The van der Waals surface area contributed by atoms with Gasteiger partial charge >= 0.3 is 5.69 Å². The number of carbonyl (C=O) groups is 2. The average Bonchev–Trinajstić information content (AvgIpc) is 3.02. The Labute approximate surface area is 225 Å². The van der Waals surface area contributed by atoms with Crippen molar-refractivity contribution in [3.05, 3.63) is 62.3 Å². The second-order valence-electron chi connectivity index (χ2n) is 10.0. The van der Waals surface area contributed by atoms with Crippen LogP contribution in [0.4, 0.5) is 0 Å². The van der Waals surface area contributed by atoms with E-state index < -0.39 is 0 Å². The van der Waals surface area contributed by atoms with Gasteiger partial charge in [0.2, 0.25) is 18.0 Å². The van der Waals surface area contributed by atoms with E-state index >= 15 is 0 Å². The van der Waals surface area contributed by atoms with Crippen LogP contribution in [-0.2, 0) is 22.4 Å². The largest absolute Gasteiger partial charge is 0.343 e. The van der Waals surface area contributed by atoms with Crippen molar-refractivity contribution in [3.63, 3.8) is 0 Å². The zero-order chi connectivity index (χ0) is 25.4. The lowest BCUT2D eigenvalue weighted by molar-refractivity contribution is -0.906. The van der Waals surface area contributed by atoms with Gasteiger partial charge in [0, 0.05) is 36.7 Å². The molecule has 3 aliphatic rings. The van der Waals surface area contributed by atoms with Gasteiger partial charge in [-0.3, -0.25) is 14.8 Å². The fourth-order valence-corrected chi connectivity index (χ4v) is 6.55. The number of aromatic nitrogens is 1. The lowest BCUT2D eigenvalue weighted by Gasteiger charge is -2.33. The van der Waals surface area contributed by atoms with Gasteiger partial charge in [-0.15, -0.1) is 0 Å². The molecule has 7 nitrogen and oxygen atoms in total. The smallest absolute Gasteiger partial charge is 0.331 e. The molecule has 0 radical (unpaired) electrons. The summed E-state index contributed by atoms with van der Waals surface area (Å²) < 4.78 is 4.30. The normalized spacial score (nSPS) is 18.5. The number of hydrogen-bond donors (Lipinski definition) is 1. The van der Waals surface area contributed by atoms with Crippen molar-refractivity contribution < 1.29 is 24.1 Å². The van der Waals surface area contributed by atoms with Crippen LogP contribution in [0.2, 0.25) is 5.02 Å². The van der Waals surface area contributed by atoms with E-state index in [1.807, 2.05) is 21.9 Å². The molecule has 0 unspecified atom stereocenters. The summed E-state index contributed by atoms with van der Waals surface area (Å²) >= 11 is 10.3. The molecule has 2 aliphatic heterocycles. The standard InChI is InChI=1S/C27H32BrClN4O3/c1-18(34)30-9-7-19(8-10-30)15-24(35)31-11-13-32(14-12-31)27-25-20(3-2-4-23(25)29)5-6-21-16-22(28)17-33(36)26(21)27/h2-4,16-17,19,36H,5-15H2,1H3/q+2. The minimum atomic E-state index is 0.117. The molecule has 1 aromatic heterocycles. The highest BCUT2D eigenvalue weighted by molar-refractivity contribution is 9.10. The topological polar surface area (TPSA) is 67.7 Å². The molecular weight excluding hydrogens is 544 g/mol. The summed E-state index contributed by atoms with van der Waals surface area (Å²) in [6, 6.07) is 8.07. The SMILES string of the molecule is CC(=O)N1CCC(CC(=O)N2CC[N+](=C3c4c(Cl)cccc4CCc4cc(Br)c[n+](O)c43)CC2)CC1. The molecule has 36 heavy (non-hydrogen) atoms. The van der Waals surface area contributed by atoms with E-state index in [1.165, 1.54) is 10.3 Å². The van der Waals surface area contributed by atoms with Crippen LogP contribution in [0, 0.1) is 5.92 Å². The first-order valence-corrected chi connectivity index (χ1v) is 13.9. The first-order chi connectivity index (χ1) is 17.3. The summed E-state index contributed by atoms with van der Waals surface area (Å²) in [6.45, 7) is 5.70. The van der Waals surface area contributed by atoms with Crippen LogP contribution in [0.15, 0.2) is 34.9 Å². The van der Waals surface area contributed by atoms with Crippen LogP contribution in [-0.4, -0.2) is 76.4 Å². The van der Waals surface area contributed by atoms with E-state index in [2.05, 4.69) is 32.6 Å². The molecule has 3 heterocycles. The summed E-state index contributed by atoms with van der Waals surface area (Å²) in [5, 5.41) is 11.6. The predicted molar refractivity (Wildman–Crippen MR) is 140 cm³/mol. The lowest BCUT2D eigenvalue weighted by atomic mass is 9.93. The summed E-state index contributed by atoms with van der Waals surface area (Å²) in [5.74, 6) is 0.653. The Bertz CT molecular complexity index is 1230. The molecule has 1 aromatic carbocycles. The number of halogens is 2. The van der Waals surface area contributed by atoms with Crippen molar-refractivity contribution in [1.29, 1.82) is 0 Å². The van der Waals surface area contributed by atoms with Crippen LogP contribution >= 0.6 is 27.5 Å². The maximum Gasteiger partial charge on any atom is 0.331 e. The molecule has 0 atom stereocenters. The van der Waals surface area contributed by atoms with E-state index in [0.717, 1.165) is 65.8 Å². The van der Waals surface area contributed by atoms with Gasteiger partial charge in [0.05, 0.1) is 28.1 Å². The number of hydrogen-bond acceptors (Lipinski definition) is 3. The number of pyridine rings is 1. The Morgan fingerprint density at radius 2 is 1.78 bits per heavy atom. The van der Waals surface area contributed by atoms with Crippen LogP contribution in [0.25, 0.3) is 0 Å². The molecule has 1 N–H and O–H groups in total. The lowest BCUT2D eigenvalue weighted by Crippen LogP contribution is -2.50. The molecule has 2 amide bonds. The Balaban J connectivity index is 1.38. The quantitative estimate of drug-likeness (QED) is 0.442. The van der Waals surface area contributed by atoms with Gasteiger partial charge in [-0.1, -0.05) is 23.7 Å². The van der Waals surface area contributed by atoms with Crippen molar-refractivity contribution in [2.75, 3.05) is 39.3 Å². The number of benzene rings is 1. The Morgan fingerprint density at radius 3 is 2.47 bits per heavy atom. The first kappa shape index (κ1) is 25.2. The number of carbonyl (C=O) groups excluding carboxylic acids is 2.